The van der Waals surface area contributed by atoms with Crippen LogP contribution in [0.15, 0.2) is 108 Å². The maximum Gasteiger partial charge on any atom is 0.333 e. The summed E-state index contributed by atoms with van der Waals surface area (Å²) in [5, 5.41) is 19.6. The van der Waals surface area contributed by atoms with E-state index in [9.17, 15) is 28.0 Å². The van der Waals surface area contributed by atoms with Crippen molar-refractivity contribution in [2.75, 3.05) is 44.9 Å². The normalized spacial score (nSPS) is 17.0. The lowest BCUT2D eigenvalue weighted by molar-refractivity contribution is -0.438. The number of carbonyl (C=O) groups is 1. The summed E-state index contributed by atoms with van der Waals surface area (Å²) in [6.45, 7) is 13.4. The number of hydrogen-bond donors (Lipinski definition) is 3. The number of carbonyl (C=O) groups excluding carboxylic acids is 1. The van der Waals surface area contributed by atoms with Crippen molar-refractivity contribution < 1.29 is 51.6 Å². The van der Waals surface area contributed by atoms with Crippen molar-refractivity contribution >= 4 is 50.1 Å². The third-order valence-electron chi connectivity index (χ3n) is 11.8. The number of benzene rings is 3. The highest BCUT2D eigenvalue weighted by Crippen LogP contribution is 2.47. The van der Waals surface area contributed by atoms with Crippen LogP contribution in [0.1, 0.15) is 82.6 Å². The van der Waals surface area contributed by atoms with E-state index in [1.165, 1.54) is 29.8 Å². The van der Waals surface area contributed by atoms with Crippen LogP contribution in [-0.4, -0.2) is 89.7 Å². The Balaban J connectivity index is 1.21. The molecule has 1 aromatic heterocycles. The molecule has 0 aliphatic carbocycles. The fourth-order valence-corrected chi connectivity index (χ4v) is 9.14. The molecule has 0 spiro atoms. The average Bonchev–Trinajstić information content (AvgIpc) is 3.66. The van der Waals surface area contributed by atoms with E-state index in [-0.39, 0.29) is 28.6 Å². The van der Waals surface area contributed by atoms with Gasteiger partial charge in [0.1, 0.15) is 18.1 Å². The molecule has 0 atom stereocenters. The molecule has 0 saturated carbocycles. The van der Waals surface area contributed by atoms with Crippen molar-refractivity contribution in [1.29, 1.82) is 0 Å². The van der Waals surface area contributed by atoms with Gasteiger partial charge < -0.3 is 34.2 Å². The van der Waals surface area contributed by atoms with Crippen molar-refractivity contribution in [3.8, 4) is 17.5 Å². The average molecular weight is 879 g/mol. The van der Waals surface area contributed by atoms with E-state index in [1.807, 2.05) is 50.3 Å². The Labute approximate surface area is 369 Å². The molecule has 3 N–H and O–H groups in total. The van der Waals surface area contributed by atoms with Gasteiger partial charge in [0.05, 0.1) is 35.7 Å². The number of ether oxygens (including phenoxy) is 3. The summed E-state index contributed by atoms with van der Waals surface area (Å²) in [6, 6.07) is 21.5. The highest BCUT2D eigenvalue weighted by atomic mass is 32.2. The van der Waals surface area contributed by atoms with Crippen LogP contribution in [0, 0.1) is 0 Å². The zero-order chi connectivity index (χ0) is 45.1. The first-order valence-electron chi connectivity index (χ1n) is 21.1. The number of fused-ring (bicyclic) bond motifs is 3. The Bertz CT molecular complexity index is 2630. The van der Waals surface area contributed by atoms with E-state index in [2.05, 4.69) is 66.7 Å². The lowest BCUT2D eigenvalue weighted by Gasteiger charge is -2.44. The monoisotopic (exact) mass is 878 g/mol. The van der Waals surface area contributed by atoms with E-state index in [4.69, 9.17) is 19.0 Å². The summed E-state index contributed by atoms with van der Waals surface area (Å²) in [6.07, 6.45) is 12.4. The molecule has 14 heteroatoms. The van der Waals surface area contributed by atoms with Gasteiger partial charge in [0.25, 0.3) is 10.1 Å². The molecule has 3 aliphatic heterocycles. The van der Waals surface area contributed by atoms with Crippen molar-refractivity contribution in [2.45, 2.75) is 76.2 Å². The molecule has 7 rings (SSSR count). The molecule has 4 aromatic rings. The van der Waals surface area contributed by atoms with E-state index >= 15 is 0 Å². The van der Waals surface area contributed by atoms with E-state index < -0.39 is 21.5 Å². The molecule has 0 bridgehead atoms. The second kappa shape index (κ2) is 18.4. The Kier molecular flexibility index (Phi) is 13.2. The highest BCUT2D eigenvalue weighted by Gasteiger charge is 2.45. The number of anilines is 1. The van der Waals surface area contributed by atoms with Gasteiger partial charge in [-0.2, -0.15) is 13.0 Å². The van der Waals surface area contributed by atoms with Crippen LogP contribution in [0.25, 0.3) is 16.9 Å². The molecule has 0 amide bonds. The first kappa shape index (κ1) is 45.1. The maximum absolute atomic E-state index is 12.5. The van der Waals surface area contributed by atoms with Gasteiger partial charge in [0, 0.05) is 84.8 Å². The van der Waals surface area contributed by atoms with Gasteiger partial charge in [-0.25, -0.2) is 4.79 Å². The third-order valence-corrected chi connectivity index (χ3v) is 12.6. The molecule has 332 valence electrons. The van der Waals surface area contributed by atoms with Gasteiger partial charge >= 0.3 is 5.97 Å². The van der Waals surface area contributed by atoms with Crippen LogP contribution in [-0.2, 0) is 29.8 Å². The lowest BCUT2D eigenvalue weighted by Crippen LogP contribution is -2.46. The molecule has 13 nitrogen and oxygen atoms in total. The minimum absolute atomic E-state index is 0.0716. The molecule has 3 aromatic carbocycles. The van der Waals surface area contributed by atoms with Gasteiger partial charge in [-0.15, -0.1) is 4.73 Å². The minimum atomic E-state index is -4.45. The van der Waals surface area contributed by atoms with Crippen LogP contribution in [0.4, 0.5) is 11.4 Å². The fourth-order valence-electron chi connectivity index (χ4n) is 8.63. The third kappa shape index (κ3) is 9.69. The van der Waals surface area contributed by atoms with Crippen molar-refractivity contribution in [3.63, 3.8) is 0 Å². The number of aromatic nitrogens is 1. The zero-order valence-electron chi connectivity index (χ0n) is 36.6. The molecule has 0 saturated heterocycles. The minimum Gasteiger partial charge on any atom is -0.492 e. The van der Waals surface area contributed by atoms with Crippen molar-refractivity contribution in [2.24, 2.45) is 0 Å². The smallest absolute Gasteiger partial charge is 0.333 e. The van der Waals surface area contributed by atoms with Crippen LogP contribution in [0.5, 0.6) is 17.5 Å². The van der Waals surface area contributed by atoms with Crippen LogP contribution in [0.2, 0.25) is 0 Å². The van der Waals surface area contributed by atoms with Crippen molar-refractivity contribution in [3.05, 3.63) is 125 Å². The second-order valence-electron chi connectivity index (χ2n) is 17.0. The highest BCUT2D eigenvalue weighted by molar-refractivity contribution is 7.85. The first-order chi connectivity index (χ1) is 30.0. The van der Waals surface area contributed by atoms with Gasteiger partial charge in [-0.05, 0) is 82.9 Å². The van der Waals surface area contributed by atoms with Gasteiger partial charge in [0.15, 0.2) is 5.71 Å². The molecule has 0 fully saturated rings. The predicted octanol–water partition coefficient (Wildman–Crippen LogP) is 8.48. The van der Waals surface area contributed by atoms with Gasteiger partial charge in [-0.1, -0.05) is 48.6 Å². The molecular formula is C49H56N3O10S+. The summed E-state index contributed by atoms with van der Waals surface area (Å²) >= 11 is 0. The second-order valence-corrected chi connectivity index (χ2v) is 18.4. The number of nitrogens with zero attached hydrogens (tertiary/aromatic N) is 3. The molecular weight excluding hydrogens is 823 g/mol. The van der Waals surface area contributed by atoms with Crippen LogP contribution in [0.3, 0.4) is 0 Å². The SMILES string of the molecule is COCCOCCN1c2cc3c(cc2C(C)=CC1(C)C)C(=CC=CC1=[N+](CCCCCC(=O)On2c(O)ccc2O)c2ccc(S(=O)(=O)O)cc2C1(C)C)C=C(c1ccccc1)O3. The molecule has 0 radical (unpaired) electrons. The summed E-state index contributed by atoms with van der Waals surface area (Å²) in [5.41, 5.74) is 7.75. The van der Waals surface area contributed by atoms with E-state index in [0.29, 0.717) is 62.7 Å². The lowest BCUT2D eigenvalue weighted by atomic mass is 9.81. The van der Waals surface area contributed by atoms with Crippen LogP contribution >= 0.6 is 0 Å². The topological polar surface area (TPSA) is 160 Å². The Morgan fingerprint density at radius 1 is 0.905 bits per heavy atom. The standard InChI is InChI=1S/C49H55N3O10S/c1-33-32-48(2,3)51(24-25-60-27-26-59-6)41-31-43-38(30-37(33)41)35(28-42(61-43)34-14-9-7-10-15-34)16-13-17-44-49(4,5)39-29-36(63(56,57)58)19-20-40(39)50(44)23-12-8-11-18-47(55)62-52-45(53)21-22-46(52)54/h7,9-10,13-17,19-22,28-32H,8,11-12,18,23-27H2,1-6H3,(H2-,53,54,56,57,58)/p+1. The summed E-state index contributed by atoms with van der Waals surface area (Å²) in [7, 11) is -2.79. The maximum atomic E-state index is 12.5. The van der Waals surface area contributed by atoms with E-state index in [0.717, 1.165) is 50.7 Å². The predicted molar refractivity (Wildman–Crippen MR) is 243 cm³/mol. The number of methoxy groups -OCH3 is 1. The number of allylic oxidation sites excluding steroid dienone is 6. The van der Waals surface area contributed by atoms with Gasteiger partial charge in [0.2, 0.25) is 17.4 Å². The van der Waals surface area contributed by atoms with Crippen molar-refractivity contribution in [1.82, 2.24) is 4.73 Å². The molecule has 4 heterocycles. The summed E-state index contributed by atoms with van der Waals surface area (Å²) < 4.78 is 55.2. The number of rotatable bonds is 17. The zero-order valence-corrected chi connectivity index (χ0v) is 37.4. The number of unbranched alkanes of at least 4 members (excludes halogenated alkanes) is 2. The molecule has 63 heavy (non-hydrogen) atoms. The quantitative estimate of drug-likeness (QED) is 0.0531. The fraction of sp³-hybridized carbons (Fsp3) is 0.347. The molecule has 3 aliphatic rings. The Morgan fingerprint density at radius 3 is 2.37 bits per heavy atom. The Morgan fingerprint density at radius 2 is 1.65 bits per heavy atom. The molecule has 0 unspecified atom stereocenters. The Hall–Kier alpha value is -5.93. The first-order valence-corrected chi connectivity index (χ1v) is 22.6. The van der Waals surface area contributed by atoms with Gasteiger partial charge in [-0.3, -0.25) is 4.55 Å². The number of aromatic hydroxyl groups is 2. The summed E-state index contributed by atoms with van der Waals surface area (Å²) in [4.78, 5) is 19.8. The van der Waals surface area contributed by atoms with Crippen LogP contribution < -0.4 is 14.5 Å². The summed E-state index contributed by atoms with van der Waals surface area (Å²) in [5.74, 6) is 0.0857. The number of hydrogen-bond acceptors (Lipinski definition) is 10. The largest absolute Gasteiger partial charge is 0.492 e. The van der Waals surface area contributed by atoms with E-state index in [1.54, 1.807) is 13.2 Å².